The number of aromatic nitrogens is 3. The highest BCUT2D eigenvalue weighted by molar-refractivity contribution is 6.12. The van der Waals surface area contributed by atoms with Gasteiger partial charge in [0.05, 0.1) is 22.1 Å². The van der Waals surface area contributed by atoms with Crippen LogP contribution in [-0.4, -0.2) is 19.6 Å². The minimum Gasteiger partial charge on any atom is -0.494 e. The summed E-state index contributed by atoms with van der Waals surface area (Å²) in [5, 5.41) is 12.0. The van der Waals surface area contributed by atoms with Gasteiger partial charge in [-0.3, -0.25) is 9.55 Å². The van der Waals surface area contributed by atoms with Crippen LogP contribution < -0.4 is 5.73 Å². The van der Waals surface area contributed by atoms with Crippen LogP contribution in [0.3, 0.4) is 0 Å². The summed E-state index contributed by atoms with van der Waals surface area (Å²) in [6.07, 6.45) is 9.45. The average molecular weight is 340 g/mol. The quantitative estimate of drug-likeness (QED) is 0.572. The van der Waals surface area contributed by atoms with Crippen LogP contribution in [0.2, 0.25) is 0 Å². The van der Waals surface area contributed by atoms with E-state index in [1.54, 1.807) is 4.57 Å². The zero-order valence-corrected chi connectivity index (χ0v) is 14.1. The van der Waals surface area contributed by atoms with Crippen molar-refractivity contribution in [2.45, 2.75) is 6.92 Å². The molecular formula is C21H16N4O. The molecule has 0 amide bonds. The zero-order chi connectivity index (χ0) is 17.8. The van der Waals surface area contributed by atoms with Crippen molar-refractivity contribution < 1.29 is 5.11 Å². The van der Waals surface area contributed by atoms with E-state index in [1.807, 2.05) is 67.9 Å². The standard InChI is InChI=1S/C21H16N4O/c1-12-8-9-13(10-23-12)15-6-3-7-16-19(22)18-17(24-20(15)16)11-25(21(18)26)14-4-2-5-14/h2-11,26H,22H2,1H3. The average Bonchev–Trinajstić information content (AvgIpc) is 2.91. The lowest BCUT2D eigenvalue weighted by Crippen LogP contribution is -1.95. The predicted molar refractivity (Wildman–Crippen MR) is 105 cm³/mol. The number of nitrogens with two attached hydrogens (primary N) is 1. The second-order valence-corrected chi connectivity index (χ2v) is 6.45. The topological polar surface area (TPSA) is 77.0 Å². The third kappa shape index (κ3) is 1.97. The molecule has 0 spiro atoms. The lowest BCUT2D eigenvalue weighted by atomic mass is 10.0. The molecule has 0 fully saturated rings. The Hall–Kier alpha value is -3.60. The maximum absolute atomic E-state index is 10.6. The minimum atomic E-state index is 0.116. The molecule has 4 aromatic rings. The number of anilines is 1. The highest BCUT2D eigenvalue weighted by Crippen LogP contribution is 2.40. The molecule has 1 aliphatic carbocycles. The molecule has 3 heterocycles. The lowest BCUT2D eigenvalue weighted by Gasteiger charge is -2.10. The number of pyridine rings is 2. The number of fused-ring (bicyclic) bond motifs is 2. The second-order valence-electron chi connectivity index (χ2n) is 6.45. The van der Waals surface area contributed by atoms with Gasteiger partial charge in [0.2, 0.25) is 5.88 Å². The van der Waals surface area contributed by atoms with Crippen molar-refractivity contribution in [3.8, 4) is 17.0 Å². The Morgan fingerprint density at radius 2 is 2.00 bits per heavy atom. The van der Waals surface area contributed by atoms with Crippen molar-refractivity contribution in [1.29, 1.82) is 0 Å². The van der Waals surface area contributed by atoms with Gasteiger partial charge in [0, 0.05) is 40.3 Å². The van der Waals surface area contributed by atoms with Gasteiger partial charge in [0.1, 0.15) is 0 Å². The summed E-state index contributed by atoms with van der Waals surface area (Å²) in [6.45, 7) is 1.96. The van der Waals surface area contributed by atoms with Crippen molar-refractivity contribution in [1.82, 2.24) is 14.5 Å². The van der Waals surface area contributed by atoms with Gasteiger partial charge in [-0.15, -0.1) is 0 Å². The van der Waals surface area contributed by atoms with Crippen molar-refractivity contribution in [2.24, 2.45) is 0 Å². The van der Waals surface area contributed by atoms with Gasteiger partial charge in [0.15, 0.2) is 0 Å². The summed E-state index contributed by atoms with van der Waals surface area (Å²) >= 11 is 0. The number of benzene rings is 1. The summed E-state index contributed by atoms with van der Waals surface area (Å²) in [7, 11) is 0. The monoisotopic (exact) mass is 340 g/mol. The molecule has 0 saturated heterocycles. The Kier molecular flexibility index (Phi) is 2.94. The Labute approximate surface area is 149 Å². The van der Waals surface area contributed by atoms with Crippen molar-refractivity contribution in [2.75, 3.05) is 5.73 Å². The van der Waals surface area contributed by atoms with Crippen LogP contribution in [0.4, 0.5) is 5.69 Å². The van der Waals surface area contributed by atoms with E-state index in [-0.39, 0.29) is 5.88 Å². The van der Waals surface area contributed by atoms with Gasteiger partial charge in [-0.1, -0.05) is 30.3 Å². The van der Waals surface area contributed by atoms with Gasteiger partial charge in [0.25, 0.3) is 0 Å². The number of aryl methyl sites for hydroxylation is 1. The van der Waals surface area contributed by atoms with Gasteiger partial charge < -0.3 is 10.8 Å². The number of nitrogens with zero attached hydrogens (tertiary/aromatic N) is 3. The zero-order valence-electron chi connectivity index (χ0n) is 14.1. The van der Waals surface area contributed by atoms with E-state index in [1.165, 1.54) is 0 Å². The van der Waals surface area contributed by atoms with E-state index in [0.717, 1.165) is 33.4 Å². The summed E-state index contributed by atoms with van der Waals surface area (Å²) in [6, 6.07) is 9.91. The highest BCUT2D eigenvalue weighted by atomic mass is 16.3. The number of para-hydroxylation sites is 1. The fourth-order valence-corrected chi connectivity index (χ4v) is 3.36. The number of hydrogen-bond donors (Lipinski definition) is 2. The van der Waals surface area contributed by atoms with E-state index < -0.39 is 0 Å². The Bertz CT molecular complexity index is 1250. The highest BCUT2D eigenvalue weighted by Gasteiger charge is 2.19. The maximum atomic E-state index is 10.6. The Balaban J connectivity index is 1.83. The Morgan fingerprint density at radius 3 is 2.69 bits per heavy atom. The summed E-state index contributed by atoms with van der Waals surface area (Å²) < 4.78 is 1.71. The van der Waals surface area contributed by atoms with E-state index >= 15 is 0 Å². The number of nitrogen functional groups attached to an aromatic ring is 1. The minimum absolute atomic E-state index is 0.116. The molecule has 1 aliphatic rings. The molecule has 0 unspecified atom stereocenters. The van der Waals surface area contributed by atoms with Gasteiger partial charge in [-0.25, -0.2) is 4.98 Å². The maximum Gasteiger partial charge on any atom is 0.207 e. The third-order valence-electron chi connectivity index (χ3n) is 4.82. The van der Waals surface area contributed by atoms with Crippen LogP contribution >= 0.6 is 0 Å². The number of aromatic hydroxyl groups is 1. The molecule has 0 saturated carbocycles. The number of hydrogen-bond acceptors (Lipinski definition) is 4. The molecule has 126 valence electrons. The fraction of sp³-hybridized carbons (Fsp3) is 0.0476. The van der Waals surface area contributed by atoms with Crippen LogP contribution in [0.15, 0.2) is 61.0 Å². The summed E-state index contributed by atoms with van der Waals surface area (Å²) in [4.78, 5) is 9.21. The smallest absolute Gasteiger partial charge is 0.207 e. The molecule has 0 radical (unpaired) electrons. The SMILES string of the molecule is Cc1ccc(-c2cccc3c(N)c4c(O)n(C5=CC=C5)cc4nc23)cn1. The van der Waals surface area contributed by atoms with E-state index in [4.69, 9.17) is 10.7 Å². The van der Waals surface area contributed by atoms with Crippen LogP contribution in [0.1, 0.15) is 5.69 Å². The molecule has 0 bridgehead atoms. The van der Waals surface area contributed by atoms with E-state index in [2.05, 4.69) is 4.98 Å². The van der Waals surface area contributed by atoms with Gasteiger partial charge >= 0.3 is 0 Å². The third-order valence-corrected chi connectivity index (χ3v) is 4.82. The van der Waals surface area contributed by atoms with Crippen LogP contribution in [0.25, 0.3) is 38.6 Å². The molecule has 1 aromatic carbocycles. The number of allylic oxidation sites excluding steroid dienone is 4. The van der Waals surface area contributed by atoms with Crippen molar-refractivity contribution in [3.63, 3.8) is 0 Å². The van der Waals surface area contributed by atoms with Crippen molar-refractivity contribution >= 4 is 33.2 Å². The molecule has 26 heavy (non-hydrogen) atoms. The first-order valence-electron chi connectivity index (χ1n) is 8.37. The molecular weight excluding hydrogens is 324 g/mol. The fourth-order valence-electron chi connectivity index (χ4n) is 3.36. The first kappa shape index (κ1) is 14.7. The lowest BCUT2D eigenvalue weighted by molar-refractivity contribution is 0.450. The van der Waals surface area contributed by atoms with Gasteiger partial charge in [-0.05, 0) is 25.1 Å². The van der Waals surface area contributed by atoms with Crippen LogP contribution in [-0.2, 0) is 0 Å². The van der Waals surface area contributed by atoms with Crippen LogP contribution in [0.5, 0.6) is 5.88 Å². The second kappa shape index (κ2) is 5.20. The van der Waals surface area contributed by atoms with E-state index in [9.17, 15) is 5.11 Å². The molecule has 3 aromatic heterocycles. The van der Waals surface area contributed by atoms with Gasteiger partial charge in [-0.2, -0.15) is 0 Å². The molecule has 0 atom stereocenters. The van der Waals surface area contributed by atoms with E-state index in [0.29, 0.717) is 16.6 Å². The molecule has 5 heteroatoms. The first-order chi connectivity index (χ1) is 12.6. The normalized spacial score (nSPS) is 13.2. The Morgan fingerprint density at radius 1 is 1.15 bits per heavy atom. The summed E-state index contributed by atoms with van der Waals surface area (Å²) in [5.41, 5.74) is 12.3. The molecule has 3 N–H and O–H groups in total. The first-order valence-corrected chi connectivity index (χ1v) is 8.37. The molecule has 5 rings (SSSR count). The van der Waals surface area contributed by atoms with Crippen LogP contribution in [0, 0.1) is 6.92 Å². The predicted octanol–water partition coefficient (Wildman–Crippen LogP) is 4.26. The summed E-state index contributed by atoms with van der Waals surface area (Å²) in [5.74, 6) is 0.116. The molecule has 5 nitrogen and oxygen atoms in total. The molecule has 0 aliphatic heterocycles. The van der Waals surface area contributed by atoms with Crippen molar-refractivity contribution in [3.05, 3.63) is 66.6 Å². The number of rotatable bonds is 2. The largest absolute Gasteiger partial charge is 0.494 e.